The van der Waals surface area contributed by atoms with E-state index in [2.05, 4.69) is 0 Å². The Morgan fingerprint density at radius 1 is 1.04 bits per heavy atom. The summed E-state index contributed by atoms with van der Waals surface area (Å²) in [4.78, 5) is 26.0. The summed E-state index contributed by atoms with van der Waals surface area (Å²) in [7, 11) is 0. The molecule has 1 heterocycles. The summed E-state index contributed by atoms with van der Waals surface area (Å²) in [6, 6.07) is 9.33. The highest BCUT2D eigenvalue weighted by atomic mass is 35.5. The zero-order valence-electron chi connectivity index (χ0n) is 12.5. The number of benzene rings is 2. The van der Waals surface area contributed by atoms with Crippen LogP contribution < -0.4 is 0 Å². The van der Waals surface area contributed by atoms with Gasteiger partial charge in [0, 0.05) is 20.6 Å². The maximum Gasteiger partial charge on any atom is 0.293 e. The van der Waals surface area contributed by atoms with Gasteiger partial charge >= 0.3 is 0 Å². The van der Waals surface area contributed by atoms with Gasteiger partial charge in [0.15, 0.2) is 0 Å². The van der Waals surface area contributed by atoms with Crippen molar-refractivity contribution in [1.29, 1.82) is 0 Å². The van der Waals surface area contributed by atoms with Crippen molar-refractivity contribution in [2.45, 2.75) is 6.54 Å². The zero-order chi connectivity index (χ0) is 18.1. The first-order valence-electron chi connectivity index (χ1n) is 7.03. The molecule has 0 radical (unpaired) electrons. The minimum Gasteiger partial charge on any atom is -0.507 e. The predicted octanol–water partition coefficient (Wildman–Crippen LogP) is 5.59. The Hall–Kier alpha value is -1.66. The van der Waals surface area contributed by atoms with E-state index in [1.54, 1.807) is 18.2 Å². The van der Waals surface area contributed by atoms with Gasteiger partial charge in [-0.05, 0) is 53.7 Å². The lowest BCUT2D eigenvalue weighted by Gasteiger charge is -2.13. The molecule has 0 bridgehead atoms. The molecule has 0 saturated carbocycles. The molecular formula is C17H10Cl3NO3S. The number of hydrogen-bond acceptors (Lipinski definition) is 4. The van der Waals surface area contributed by atoms with Gasteiger partial charge in [-0.3, -0.25) is 14.5 Å². The smallest absolute Gasteiger partial charge is 0.293 e. The standard InChI is InChI=1S/C17H10Cl3NO3S/c18-11-3-4-14(22)10(5-11)6-15-16(23)21(17(24)25-15)8-9-1-2-12(19)7-13(9)20/h1-7,22H,8H2/b15-6-. The SMILES string of the molecule is O=C1S/C(=C\c2cc(Cl)ccc2O)C(=O)N1Cc1ccc(Cl)cc1Cl. The highest BCUT2D eigenvalue weighted by Crippen LogP contribution is 2.36. The van der Waals surface area contributed by atoms with Crippen LogP contribution in [0.15, 0.2) is 41.3 Å². The monoisotopic (exact) mass is 413 g/mol. The molecule has 1 aliphatic heterocycles. The van der Waals surface area contributed by atoms with Crippen LogP contribution in [0.2, 0.25) is 15.1 Å². The molecule has 1 N–H and O–H groups in total. The van der Waals surface area contributed by atoms with Crippen LogP contribution in [0.25, 0.3) is 6.08 Å². The van der Waals surface area contributed by atoms with Crippen molar-refractivity contribution in [3.63, 3.8) is 0 Å². The third-order valence-corrected chi connectivity index (χ3v) is 5.22. The lowest BCUT2D eigenvalue weighted by Crippen LogP contribution is -2.27. The summed E-state index contributed by atoms with van der Waals surface area (Å²) in [5.41, 5.74) is 0.975. The second-order valence-corrected chi connectivity index (χ2v) is 7.48. The Labute approximate surface area is 163 Å². The molecule has 2 aromatic rings. The number of carbonyl (C=O) groups is 2. The average Bonchev–Trinajstić information content (AvgIpc) is 2.81. The number of imide groups is 1. The first kappa shape index (κ1) is 18.1. The van der Waals surface area contributed by atoms with Gasteiger partial charge in [0.25, 0.3) is 11.1 Å². The molecule has 1 fully saturated rings. The third kappa shape index (κ3) is 3.96. The number of amides is 2. The summed E-state index contributed by atoms with van der Waals surface area (Å²) < 4.78 is 0. The average molecular weight is 415 g/mol. The van der Waals surface area contributed by atoms with Crippen molar-refractivity contribution in [3.8, 4) is 5.75 Å². The lowest BCUT2D eigenvalue weighted by atomic mass is 10.1. The highest BCUT2D eigenvalue weighted by molar-refractivity contribution is 8.18. The molecule has 0 atom stereocenters. The number of phenolic OH excluding ortho intramolecular Hbond substituents is 1. The number of nitrogens with zero attached hydrogens (tertiary/aromatic N) is 1. The number of carbonyl (C=O) groups excluding carboxylic acids is 2. The second kappa shape index (κ2) is 7.30. The number of thioether (sulfide) groups is 1. The largest absolute Gasteiger partial charge is 0.507 e. The van der Waals surface area contributed by atoms with Crippen LogP contribution in [0, 0.1) is 0 Å². The molecule has 1 saturated heterocycles. The Morgan fingerprint density at radius 3 is 2.44 bits per heavy atom. The molecule has 0 unspecified atom stereocenters. The minimum atomic E-state index is -0.458. The predicted molar refractivity (Wildman–Crippen MR) is 101 cm³/mol. The Kier molecular flexibility index (Phi) is 5.29. The van der Waals surface area contributed by atoms with Crippen LogP contribution in [0.3, 0.4) is 0 Å². The van der Waals surface area contributed by atoms with Crippen molar-refractivity contribution in [1.82, 2.24) is 4.90 Å². The topological polar surface area (TPSA) is 57.6 Å². The van der Waals surface area contributed by atoms with E-state index in [4.69, 9.17) is 34.8 Å². The molecule has 0 aromatic heterocycles. The van der Waals surface area contributed by atoms with Gasteiger partial charge in [-0.15, -0.1) is 0 Å². The normalized spacial score (nSPS) is 16.1. The molecule has 3 rings (SSSR count). The first-order valence-corrected chi connectivity index (χ1v) is 8.98. The number of hydrogen-bond donors (Lipinski definition) is 1. The Morgan fingerprint density at radius 2 is 1.72 bits per heavy atom. The van der Waals surface area contributed by atoms with Crippen molar-refractivity contribution in [3.05, 3.63) is 67.5 Å². The van der Waals surface area contributed by atoms with Gasteiger partial charge in [-0.1, -0.05) is 40.9 Å². The molecule has 25 heavy (non-hydrogen) atoms. The van der Waals surface area contributed by atoms with Crippen LogP contribution in [0.1, 0.15) is 11.1 Å². The van der Waals surface area contributed by atoms with E-state index in [0.29, 0.717) is 26.2 Å². The maximum absolute atomic E-state index is 12.5. The minimum absolute atomic E-state index is 0.0306. The van der Waals surface area contributed by atoms with Gasteiger partial charge in [0.2, 0.25) is 0 Å². The molecule has 0 aliphatic carbocycles. The molecule has 0 spiro atoms. The first-order chi connectivity index (χ1) is 11.8. The molecule has 1 aliphatic rings. The molecule has 8 heteroatoms. The molecule has 128 valence electrons. The molecular weight excluding hydrogens is 405 g/mol. The van der Waals surface area contributed by atoms with Gasteiger partial charge in [0.05, 0.1) is 11.4 Å². The molecule has 2 aromatic carbocycles. The zero-order valence-corrected chi connectivity index (χ0v) is 15.6. The number of rotatable bonds is 3. The maximum atomic E-state index is 12.5. The van der Waals surface area contributed by atoms with Gasteiger partial charge in [-0.25, -0.2) is 0 Å². The fraction of sp³-hybridized carbons (Fsp3) is 0.0588. The van der Waals surface area contributed by atoms with Crippen LogP contribution in [-0.2, 0) is 11.3 Å². The summed E-state index contributed by atoms with van der Waals surface area (Å²) in [5.74, 6) is -0.489. The number of halogens is 3. The van der Waals surface area contributed by atoms with Gasteiger partial charge in [0.1, 0.15) is 5.75 Å². The third-order valence-electron chi connectivity index (χ3n) is 3.49. The van der Waals surface area contributed by atoms with Gasteiger partial charge < -0.3 is 5.11 Å². The summed E-state index contributed by atoms with van der Waals surface area (Å²) in [5, 5.41) is 10.7. The van der Waals surface area contributed by atoms with Gasteiger partial charge in [-0.2, -0.15) is 0 Å². The second-order valence-electron chi connectivity index (χ2n) is 5.21. The number of aromatic hydroxyl groups is 1. The van der Waals surface area contributed by atoms with Crippen LogP contribution >= 0.6 is 46.6 Å². The summed E-state index contributed by atoms with van der Waals surface area (Å²) >= 11 is 18.7. The van der Waals surface area contributed by atoms with E-state index in [1.807, 2.05) is 0 Å². The van der Waals surface area contributed by atoms with Crippen molar-refractivity contribution < 1.29 is 14.7 Å². The lowest BCUT2D eigenvalue weighted by molar-refractivity contribution is -0.123. The highest BCUT2D eigenvalue weighted by Gasteiger charge is 2.35. The van der Waals surface area contributed by atoms with E-state index in [-0.39, 0.29) is 17.2 Å². The Balaban J connectivity index is 1.87. The fourth-order valence-corrected chi connectivity index (χ4v) is 3.72. The van der Waals surface area contributed by atoms with E-state index in [9.17, 15) is 14.7 Å². The molecule has 4 nitrogen and oxygen atoms in total. The van der Waals surface area contributed by atoms with E-state index in [0.717, 1.165) is 16.7 Å². The summed E-state index contributed by atoms with van der Waals surface area (Å²) in [6.45, 7) is 0.0412. The van der Waals surface area contributed by atoms with Crippen molar-refractivity contribution >= 4 is 63.8 Å². The number of phenols is 1. The van der Waals surface area contributed by atoms with Crippen molar-refractivity contribution in [2.75, 3.05) is 0 Å². The fourth-order valence-electron chi connectivity index (χ4n) is 2.24. The molecule has 2 amide bonds. The summed E-state index contributed by atoms with van der Waals surface area (Å²) in [6.07, 6.45) is 1.44. The van der Waals surface area contributed by atoms with Crippen LogP contribution in [0.4, 0.5) is 4.79 Å². The van der Waals surface area contributed by atoms with E-state index in [1.165, 1.54) is 24.3 Å². The van der Waals surface area contributed by atoms with Crippen molar-refractivity contribution in [2.24, 2.45) is 0 Å². The quantitative estimate of drug-likeness (QED) is 0.665. The Bertz CT molecular complexity index is 914. The van der Waals surface area contributed by atoms with Crippen LogP contribution in [-0.4, -0.2) is 21.2 Å². The van der Waals surface area contributed by atoms with Crippen LogP contribution in [0.5, 0.6) is 5.75 Å². The van der Waals surface area contributed by atoms with E-state index < -0.39 is 11.1 Å². The van der Waals surface area contributed by atoms with E-state index >= 15 is 0 Å².